The van der Waals surface area contributed by atoms with Gasteiger partial charge in [0.2, 0.25) is 5.28 Å². The van der Waals surface area contributed by atoms with E-state index < -0.39 is 46.6 Å². The maximum absolute atomic E-state index is 13.6. The van der Waals surface area contributed by atoms with Gasteiger partial charge >= 0.3 is 12.1 Å². The molecule has 3 aromatic carbocycles. The van der Waals surface area contributed by atoms with Crippen molar-refractivity contribution >= 4 is 21.9 Å². The standard InChI is InChI=1S/C30H29F3N6O7S/c1-20-9-11-23(12-10-20)26-18-28(30(31,32)33)34-38(26)24-13-15-25(16-14-24)47(43,44)35-29(41)27(17-22-7-5-4-6-8-22)37(3)39(42)36-46-19-45-21(2)40/h4-16,18,27H,17,19H2,1-3H3,(H,35,41)/t27-/m0/s1. The van der Waals surface area contributed by atoms with Crippen LogP contribution in [0.25, 0.3) is 16.9 Å². The van der Waals surface area contributed by atoms with E-state index in [1.807, 2.05) is 11.6 Å². The molecule has 4 rings (SSSR count). The minimum Gasteiger partial charge on any atom is -0.569 e. The Kier molecular flexibility index (Phi) is 10.5. The number of hydrogen-bond donors (Lipinski definition) is 1. The molecule has 248 valence electrons. The van der Waals surface area contributed by atoms with Crippen LogP contribution in [0.1, 0.15) is 23.7 Å². The Labute approximate surface area is 267 Å². The topological polar surface area (TPSA) is 158 Å². The van der Waals surface area contributed by atoms with Gasteiger partial charge in [0.1, 0.15) is 0 Å². The number of nitrogens with one attached hydrogen (secondary N) is 1. The summed E-state index contributed by atoms with van der Waals surface area (Å²) in [6, 6.07) is 19.3. The van der Waals surface area contributed by atoms with E-state index in [1.54, 1.807) is 54.6 Å². The Morgan fingerprint density at radius 2 is 1.70 bits per heavy atom. The van der Waals surface area contributed by atoms with Crippen LogP contribution in [0.5, 0.6) is 0 Å². The Hall–Kier alpha value is -5.45. The number of esters is 1. The molecule has 1 atom stereocenters. The number of sulfonamides is 1. The summed E-state index contributed by atoms with van der Waals surface area (Å²) in [6.45, 7) is 2.27. The van der Waals surface area contributed by atoms with Crippen LogP contribution in [0.4, 0.5) is 13.2 Å². The van der Waals surface area contributed by atoms with E-state index in [4.69, 9.17) is 0 Å². The molecule has 0 aliphatic rings. The number of halogens is 3. The van der Waals surface area contributed by atoms with Crippen LogP contribution in [-0.2, 0) is 41.8 Å². The number of aryl methyl sites for hydroxylation is 1. The van der Waals surface area contributed by atoms with Crippen molar-refractivity contribution < 1.29 is 45.7 Å². The molecule has 0 bridgehead atoms. The van der Waals surface area contributed by atoms with Gasteiger partial charge in [-0.25, -0.2) is 17.8 Å². The first kappa shape index (κ1) is 34.4. The molecule has 4 aromatic rings. The zero-order chi connectivity index (χ0) is 34.4. The fraction of sp³-hybridized carbons (Fsp3) is 0.233. The Bertz CT molecular complexity index is 1850. The van der Waals surface area contributed by atoms with Crippen LogP contribution < -0.4 is 4.72 Å². The molecule has 0 radical (unpaired) electrons. The largest absolute Gasteiger partial charge is 0.569 e. The van der Waals surface area contributed by atoms with Crippen LogP contribution in [0.15, 0.2) is 95.1 Å². The maximum atomic E-state index is 13.6. The molecule has 0 saturated carbocycles. The Balaban J connectivity index is 1.59. The number of nitrogens with zero attached hydrogens (tertiary/aromatic N) is 5. The third kappa shape index (κ3) is 8.84. The molecule has 47 heavy (non-hydrogen) atoms. The number of hydrazine groups is 1. The summed E-state index contributed by atoms with van der Waals surface area (Å²) >= 11 is 0. The molecular formula is C30H29F3N6O7S. The molecule has 1 N–H and O–H groups in total. The molecule has 0 spiro atoms. The fourth-order valence-corrected chi connectivity index (χ4v) is 5.28. The number of hydrogen-bond acceptors (Lipinski definition) is 9. The average Bonchev–Trinajstić information content (AvgIpc) is 3.48. The van der Waals surface area contributed by atoms with Crippen molar-refractivity contribution in [3.05, 3.63) is 107 Å². The summed E-state index contributed by atoms with van der Waals surface area (Å²) in [7, 11) is -3.37. The van der Waals surface area contributed by atoms with Crippen molar-refractivity contribution in [1.82, 2.24) is 19.5 Å². The summed E-state index contributed by atoms with van der Waals surface area (Å²) in [5, 5.41) is 20.2. The van der Waals surface area contributed by atoms with Gasteiger partial charge in [-0.05, 0) is 42.8 Å². The molecule has 0 fully saturated rings. The minimum absolute atomic E-state index is 0.108. The van der Waals surface area contributed by atoms with Crippen LogP contribution in [0.2, 0.25) is 0 Å². The van der Waals surface area contributed by atoms with Gasteiger partial charge in [-0.15, -0.1) is 5.01 Å². The lowest BCUT2D eigenvalue weighted by molar-refractivity contribution is -0.710. The van der Waals surface area contributed by atoms with Gasteiger partial charge in [0.25, 0.3) is 22.7 Å². The van der Waals surface area contributed by atoms with Crippen molar-refractivity contribution in [2.75, 3.05) is 13.8 Å². The molecule has 13 nitrogen and oxygen atoms in total. The van der Waals surface area contributed by atoms with Crippen molar-refractivity contribution in [1.29, 1.82) is 0 Å². The van der Waals surface area contributed by atoms with Crippen LogP contribution in [0, 0.1) is 12.1 Å². The van der Waals surface area contributed by atoms with E-state index >= 15 is 0 Å². The molecule has 0 aliphatic heterocycles. The zero-order valence-electron chi connectivity index (χ0n) is 25.2. The fourth-order valence-electron chi connectivity index (χ4n) is 4.26. The first-order valence-electron chi connectivity index (χ1n) is 13.8. The number of alkyl halides is 3. The summed E-state index contributed by atoms with van der Waals surface area (Å²) in [5.41, 5.74) is 1.04. The quantitative estimate of drug-likeness (QED) is 0.0569. The number of amides is 1. The molecule has 0 aliphatic carbocycles. The average molecular weight is 675 g/mol. The lowest BCUT2D eigenvalue weighted by atomic mass is 10.1. The smallest absolute Gasteiger partial charge is 0.435 e. The molecule has 17 heteroatoms. The number of aromatic nitrogens is 2. The highest BCUT2D eigenvalue weighted by Gasteiger charge is 2.36. The highest BCUT2D eigenvalue weighted by atomic mass is 32.2. The summed E-state index contributed by atoms with van der Waals surface area (Å²) < 4.78 is 74.8. The summed E-state index contributed by atoms with van der Waals surface area (Å²) in [5.74, 6) is -1.78. The second kappa shape index (κ2) is 14.3. The van der Waals surface area contributed by atoms with Gasteiger partial charge in [0, 0.05) is 18.9 Å². The van der Waals surface area contributed by atoms with Crippen LogP contribution >= 0.6 is 0 Å². The van der Waals surface area contributed by atoms with Gasteiger partial charge in [-0.2, -0.15) is 18.3 Å². The summed E-state index contributed by atoms with van der Waals surface area (Å²) in [4.78, 5) is 28.4. The van der Waals surface area contributed by atoms with Gasteiger partial charge in [-0.1, -0.05) is 60.2 Å². The molecule has 0 saturated heterocycles. The van der Waals surface area contributed by atoms with Crippen LogP contribution in [-0.4, -0.2) is 59.9 Å². The molecule has 1 heterocycles. The van der Waals surface area contributed by atoms with E-state index in [0.717, 1.165) is 40.4 Å². The lowest BCUT2D eigenvalue weighted by Gasteiger charge is -2.23. The number of carbonyl (C=O) groups is 2. The molecule has 0 unspecified atom stereocenters. The first-order valence-corrected chi connectivity index (χ1v) is 15.3. The lowest BCUT2D eigenvalue weighted by Crippen LogP contribution is -2.50. The zero-order valence-corrected chi connectivity index (χ0v) is 26.0. The van der Waals surface area contributed by atoms with E-state index in [-0.39, 0.29) is 27.7 Å². The molecule has 1 aromatic heterocycles. The number of likely N-dealkylation sites (N-methyl/N-ethyl adjacent to an activating group) is 1. The third-order valence-corrected chi connectivity index (χ3v) is 8.07. The van der Waals surface area contributed by atoms with E-state index in [0.29, 0.717) is 11.1 Å². The van der Waals surface area contributed by atoms with Gasteiger partial charge in [-0.3, -0.25) is 9.59 Å². The number of carbonyl (C=O) groups excluding carboxylic acids is 2. The van der Waals surface area contributed by atoms with Crippen molar-refractivity contribution in [3.8, 4) is 16.9 Å². The summed E-state index contributed by atoms with van der Waals surface area (Å²) in [6.07, 6.45) is -4.86. The van der Waals surface area contributed by atoms with E-state index in [2.05, 4.69) is 20.0 Å². The van der Waals surface area contributed by atoms with Gasteiger partial charge in [0.15, 0.2) is 11.7 Å². The SMILES string of the molecule is CC(=O)OCON=[N+]([O-])N(C)[C@@H](Cc1ccccc1)C(=O)NS(=O)(=O)c1ccc(-n2nc(C(F)(F)F)cc2-c2ccc(C)cc2)cc1. The highest BCUT2D eigenvalue weighted by Crippen LogP contribution is 2.33. The minimum atomic E-state index is -4.73. The highest BCUT2D eigenvalue weighted by molar-refractivity contribution is 7.90. The molecule has 1 amide bonds. The van der Waals surface area contributed by atoms with E-state index in [9.17, 15) is 36.4 Å². The van der Waals surface area contributed by atoms with Gasteiger partial charge < -0.3 is 14.8 Å². The third-order valence-electron chi connectivity index (χ3n) is 6.71. The van der Waals surface area contributed by atoms with Crippen molar-refractivity contribution in [3.63, 3.8) is 0 Å². The van der Waals surface area contributed by atoms with E-state index in [1.165, 1.54) is 19.2 Å². The molecular weight excluding hydrogens is 645 g/mol. The first-order chi connectivity index (χ1) is 22.2. The Morgan fingerprint density at radius 1 is 1.06 bits per heavy atom. The van der Waals surface area contributed by atoms with Crippen molar-refractivity contribution in [2.45, 2.75) is 37.4 Å². The second-order valence-electron chi connectivity index (χ2n) is 10.2. The number of ether oxygens (including phenoxy) is 1. The maximum Gasteiger partial charge on any atom is 0.435 e. The van der Waals surface area contributed by atoms with Crippen molar-refractivity contribution in [2.24, 2.45) is 5.28 Å². The van der Waals surface area contributed by atoms with Gasteiger partial charge in [0.05, 0.1) is 28.3 Å². The second-order valence-corrected chi connectivity index (χ2v) is 11.8. The predicted molar refractivity (Wildman–Crippen MR) is 160 cm³/mol. The monoisotopic (exact) mass is 674 g/mol. The number of rotatable bonds is 12. The normalized spacial score (nSPS) is 12.7. The predicted octanol–water partition coefficient (Wildman–Crippen LogP) is 4.54. The van der Waals surface area contributed by atoms with Crippen LogP contribution in [0.3, 0.4) is 0 Å². The number of benzene rings is 3. The Morgan fingerprint density at radius 3 is 2.30 bits per heavy atom.